The van der Waals surface area contributed by atoms with Crippen LogP contribution in [0.25, 0.3) is 0 Å². The summed E-state index contributed by atoms with van der Waals surface area (Å²) >= 11 is 0. The molecule has 9 rings (SSSR count). The molecule has 2 spiro atoms. The smallest absolute Gasteiger partial charge is 0.165 e. The molecule has 0 amide bonds. The lowest BCUT2D eigenvalue weighted by Gasteiger charge is -2.74. The number of fused-ring (bicyclic) bond motifs is 2. The molecule has 5 nitrogen and oxygen atoms in total. The molecule has 5 heteroatoms. The SMILES string of the molecule is COc1ccc2c3c1O[C@H]1[C@@]4(OC)CC[C@@]5(C[C@@H]4[C@H](O)CCc4ccccc4)[C@@H](C2)N(CC2CC2)CC[C@]315. The zero-order chi connectivity index (χ0) is 25.7. The number of methoxy groups -OCH3 is 2. The van der Waals surface area contributed by atoms with E-state index in [0.29, 0.717) is 6.04 Å². The molecule has 2 heterocycles. The zero-order valence-electron chi connectivity index (χ0n) is 22.8. The number of rotatable bonds is 8. The van der Waals surface area contributed by atoms with Gasteiger partial charge in [-0.15, -0.1) is 0 Å². The number of piperidine rings is 1. The first kappa shape index (κ1) is 23.8. The van der Waals surface area contributed by atoms with Crippen LogP contribution < -0.4 is 9.47 Å². The highest BCUT2D eigenvalue weighted by molar-refractivity contribution is 5.63. The van der Waals surface area contributed by atoms with Gasteiger partial charge in [-0.3, -0.25) is 4.90 Å². The Hall–Kier alpha value is -2.08. The normalized spacial score (nSPS) is 39.0. The average molecular weight is 516 g/mol. The molecule has 0 radical (unpaired) electrons. The molecule has 2 aromatic carbocycles. The Morgan fingerprint density at radius 3 is 2.68 bits per heavy atom. The molecule has 5 fully saturated rings. The summed E-state index contributed by atoms with van der Waals surface area (Å²) in [6.07, 6.45) is 9.27. The minimum Gasteiger partial charge on any atom is -0.493 e. The van der Waals surface area contributed by atoms with Crippen LogP contribution in [0, 0.1) is 17.3 Å². The molecule has 0 aromatic heterocycles. The minimum atomic E-state index is -0.486. The zero-order valence-corrected chi connectivity index (χ0v) is 22.8. The topological polar surface area (TPSA) is 51.2 Å². The van der Waals surface area contributed by atoms with E-state index >= 15 is 0 Å². The number of aryl methyl sites for hydroxylation is 1. The number of benzene rings is 2. The first-order valence-electron chi connectivity index (χ1n) is 14.9. The van der Waals surface area contributed by atoms with Crippen molar-refractivity contribution < 1.29 is 19.3 Å². The standard InChI is InChI=1S/C33H41NO4/c1-36-26-13-11-23-18-27-31-14-15-33(37-2,24(19-31)25(35)12-10-21-6-4-3-5-7-21)30-32(31,28(23)29(26)38-30)16-17-34(27)20-22-8-9-22/h3-7,11,13,22,24-25,27,30,35H,8-10,12,14-20H2,1-2H3/t24-,25-,27-,30-,31-,32+,33-/m1/s1. The summed E-state index contributed by atoms with van der Waals surface area (Å²) in [6.45, 7) is 2.38. The fourth-order valence-electron chi connectivity index (χ4n) is 10.2. The first-order valence-corrected chi connectivity index (χ1v) is 14.9. The second-order valence-corrected chi connectivity index (χ2v) is 13.2. The van der Waals surface area contributed by atoms with Gasteiger partial charge in [0.1, 0.15) is 11.7 Å². The van der Waals surface area contributed by atoms with Crippen molar-refractivity contribution in [3.05, 3.63) is 59.2 Å². The lowest BCUT2D eigenvalue weighted by molar-refractivity contribution is -0.290. The number of likely N-dealkylation sites (tertiary alicyclic amines) is 1. The predicted octanol–water partition coefficient (Wildman–Crippen LogP) is 4.91. The number of hydrogen-bond acceptors (Lipinski definition) is 5. The third kappa shape index (κ3) is 2.88. The molecule has 5 aliphatic carbocycles. The van der Waals surface area contributed by atoms with Gasteiger partial charge < -0.3 is 19.3 Å². The van der Waals surface area contributed by atoms with Gasteiger partial charge in [0.2, 0.25) is 0 Å². The van der Waals surface area contributed by atoms with Crippen molar-refractivity contribution in [2.45, 2.75) is 87.1 Å². The monoisotopic (exact) mass is 515 g/mol. The van der Waals surface area contributed by atoms with Gasteiger partial charge in [-0.1, -0.05) is 36.4 Å². The van der Waals surface area contributed by atoms with Gasteiger partial charge in [0, 0.05) is 42.0 Å². The summed E-state index contributed by atoms with van der Waals surface area (Å²) in [4.78, 5) is 2.86. The molecule has 202 valence electrons. The first-order chi connectivity index (χ1) is 18.6. The van der Waals surface area contributed by atoms with Crippen molar-refractivity contribution in [1.29, 1.82) is 0 Å². The summed E-state index contributed by atoms with van der Waals surface area (Å²) in [6, 6.07) is 15.5. The molecule has 2 aliphatic heterocycles. The van der Waals surface area contributed by atoms with Crippen molar-refractivity contribution in [3.63, 3.8) is 0 Å². The van der Waals surface area contributed by atoms with Crippen molar-refractivity contribution in [3.8, 4) is 11.5 Å². The van der Waals surface area contributed by atoms with E-state index in [2.05, 4.69) is 47.4 Å². The summed E-state index contributed by atoms with van der Waals surface area (Å²) in [7, 11) is 3.64. The Morgan fingerprint density at radius 1 is 1.08 bits per heavy atom. The van der Waals surface area contributed by atoms with E-state index in [-0.39, 0.29) is 22.9 Å². The average Bonchev–Trinajstić information content (AvgIpc) is 3.70. The van der Waals surface area contributed by atoms with Gasteiger partial charge >= 0.3 is 0 Å². The fraction of sp³-hybridized carbons (Fsp3) is 0.636. The van der Waals surface area contributed by atoms with Crippen LogP contribution in [0.2, 0.25) is 0 Å². The molecule has 0 unspecified atom stereocenters. The van der Waals surface area contributed by atoms with Crippen LogP contribution in [0.5, 0.6) is 11.5 Å². The molecule has 38 heavy (non-hydrogen) atoms. The van der Waals surface area contributed by atoms with E-state index in [1.165, 1.54) is 36.1 Å². The quantitative estimate of drug-likeness (QED) is 0.541. The number of aliphatic hydroxyl groups excluding tert-OH is 1. The third-order valence-corrected chi connectivity index (χ3v) is 12.0. The van der Waals surface area contributed by atoms with Crippen molar-refractivity contribution in [2.75, 3.05) is 27.3 Å². The minimum absolute atomic E-state index is 0.0565. The molecular formula is C33H41NO4. The molecule has 1 N–H and O–H groups in total. The Balaban J connectivity index is 1.24. The van der Waals surface area contributed by atoms with Crippen LogP contribution in [-0.4, -0.2) is 61.2 Å². The molecule has 1 saturated heterocycles. The maximum Gasteiger partial charge on any atom is 0.165 e. The lowest BCUT2D eigenvalue weighted by Crippen LogP contribution is -2.81. The third-order valence-electron chi connectivity index (χ3n) is 12.0. The van der Waals surface area contributed by atoms with E-state index in [0.717, 1.165) is 68.9 Å². The molecule has 2 aromatic rings. The van der Waals surface area contributed by atoms with Gasteiger partial charge in [0.05, 0.1) is 13.2 Å². The maximum atomic E-state index is 11.9. The number of aliphatic hydroxyl groups is 1. The summed E-state index contributed by atoms with van der Waals surface area (Å²) in [5.41, 5.74) is 3.74. The fourth-order valence-corrected chi connectivity index (χ4v) is 10.2. The van der Waals surface area contributed by atoms with Crippen LogP contribution in [0.1, 0.15) is 61.6 Å². The Morgan fingerprint density at radius 2 is 1.92 bits per heavy atom. The lowest BCUT2D eigenvalue weighted by atomic mass is 9.34. The van der Waals surface area contributed by atoms with E-state index in [1.54, 1.807) is 7.11 Å². The summed E-state index contributed by atoms with van der Waals surface area (Å²) < 4.78 is 19.6. The molecule has 7 atom stereocenters. The number of hydrogen-bond donors (Lipinski definition) is 1. The predicted molar refractivity (Wildman–Crippen MR) is 146 cm³/mol. The highest BCUT2D eigenvalue weighted by atomic mass is 16.6. The summed E-state index contributed by atoms with van der Waals surface area (Å²) in [5, 5.41) is 11.9. The summed E-state index contributed by atoms with van der Waals surface area (Å²) in [5.74, 6) is 2.76. The largest absolute Gasteiger partial charge is 0.493 e. The Bertz CT molecular complexity index is 1250. The van der Waals surface area contributed by atoms with Crippen LogP contribution >= 0.6 is 0 Å². The van der Waals surface area contributed by atoms with Crippen LogP contribution in [-0.2, 0) is 23.0 Å². The van der Waals surface area contributed by atoms with E-state index in [9.17, 15) is 5.11 Å². The number of nitrogens with zero attached hydrogens (tertiary/aromatic N) is 1. The second kappa shape index (κ2) is 8.22. The van der Waals surface area contributed by atoms with E-state index in [4.69, 9.17) is 14.2 Å². The molecule has 4 bridgehead atoms. The number of ether oxygens (including phenoxy) is 3. The van der Waals surface area contributed by atoms with Gasteiger partial charge in [0.25, 0.3) is 0 Å². The maximum absolute atomic E-state index is 11.9. The van der Waals surface area contributed by atoms with Gasteiger partial charge in [-0.25, -0.2) is 0 Å². The van der Waals surface area contributed by atoms with Gasteiger partial charge in [-0.05, 0) is 87.4 Å². The van der Waals surface area contributed by atoms with Gasteiger partial charge in [0.15, 0.2) is 11.5 Å². The second-order valence-electron chi connectivity index (χ2n) is 13.2. The van der Waals surface area contributed by atoms with Crippen LogP contribution in [0.4, 0.5) is 0 Å². The van der Waals surface area contributed by atoms with Crippen molar-refractivity contribution in [2.24, 2.45) is 17.3 Å². The van der Waals surface area contributed by atoms with Gasteiger partial charge in [-0.2, -0.15) is 0 Å². The van der Waals surface area contributed by atoms with E-state index in [1.807, 2.05) is 7.11 Å². The Labute approximate surface area is 226 Å². The van der Waals surface area contributed by atoms with Crippen molar-refractivity contribution in [1.82, 2.24) is 4.90 Å². The van der Waals surface area contributed by atoms with Crippen LogP contribution in [0.15, 0.2) is 42.5 Å². The molecule has 4 saturated carbocycles. The highest BCUT2D eigenvalue weighted by Gasteiger charge is 2.81. The molecule has 7 aliphatic rings. The Kier molecular flexibility index (Phi) is 5.14. The highest BCUT2D eigenvalue weighted by Crippen LogP contribution is 2.77. The van der Waals surface area contributed by atoms with Crippen molar-refractivity contribution >= 4 is 0 Å². The van der Waals surface area contributed by atoms with Crippen LogP contribution in [0.3, 0.4) is 0 Å². The molecular weight excluding hydrogens is 474 g/mol. The van der Waals surface area contributed by atoms with E-state index < -0.39 is 11.7 Å².